The van der Waals surface area contributed by atoms with Crippen molar-refractivity contribution in [3.8, 4) is 0 Å². The van der Waals surface area contributed by atoms with Gasteiger partial charge < -0.3 is 10.2 Å². The first kappa shape index (κ1) is 11.9. The van der Waals surface area contributed by atoms with Gasteiger partial charge in [-0.3, -0.25) is 0 Å². The Hall–Kier alpha value is -1.16. The van der Waals surface area contributed by atoms with Crippen LogP contribution in [0.15, 0.2) is 6.07 Å². The monoisotopic (exact) mass is 246 g/mol. The maximum absolute atomic E-state index is 4.81. The van der Waals surface area contributed by atoms with Crippen molar-refractivity contribution in [2.24, 2.45) is 0 Å². The molecule has 18 heavy (non-hydrogen) atoms. The zero-order chi connectivity index (χ0) is 12.4. The third-order valence-corrected chi connectivity index (χ3v) is 4.01. The molecule has 0 bridgehead atoms. The van der Waals surface area contributed by atoms with Gasteiger partial charge in [0, 0.05) is 36.9 Å². The van der Waals surface area contributed by atoms with Gasteiger partial charge in [0.25, 0.3) is 0 Å². The molecule has 2 heterocycles. The molecule has 0 atom stereocenters. The van der Waals surface area contributed by atoms with Crippen molar-refractivity contribution in [3.63, 3.8) is 0 Å². The zero-order valence-electron chi connectivity index (χ0n) is 11.2. The van der Waals surface area contributed by atoms with E-state index in [-0.39, 0.29) is 0 Å². The summed E-state index contributed by atoms with van der Waals surface area (Å²) in [5, 5.41) is 3.42. The van der Waals surface area contributed by atoms with Crippen molar-refractivity contribution in [3.05, 3.63) is 17.5 Å². The van der Waals surface area contributed by atoms with Crippen molar-refractivity contribution in [2.75, 3.05) is 31.1 Å². The summed E-state index contributed by atoms with van der Waals surface area (Å²) in [7, 11) is 0. The van der Waals surface area contributed by atoms with Gasteiger partial charge in [0.2, 0.25) is 5.95 Å². The third-order valence-electron chi connectivity index (χ3n) is 4.01. The van der Waals surface area contributed by atoms with E-state index < -0.39 is 0 Å². The number of hydrogen-bond acceptors (Lipinski definition) is 4. The van der Waals surface area contributed by atoms with Crippen molar-refractivity contribution in [2.45, 2.75) is 38.5 Å². The van der Waals surface area contributed by atoms with Gasteiger partial charge >= 0.3 is 0 Å². The van der Waals surface area contributed by atoms with E-state index in [1.165, 1.54) is 31.4 Å². The number of nitrogens with zero attached hydrogens (tertiary/aromatic N) is 3. The summed E-state index contributed by atoms with van der Waals surface area (Å²) in [6.45, 7) is 6.32. The van der Waals surface area contributed by atoms with Crippen LogP contribution in [0.3, 0.4) is 0 Å². The lowest BCUT2D eigenvalue weighted by atomic mass is 9.83. The molecule has 1 aromatic rings. The third kappa shape index (κ3) is 2.48. The smallest absolute Gasteiger partial charge is 0.225 e. The quantitative estimate of drug-likeness (QED) is 0.864. The molecule has 1 aliphatic carbocycles. The molecule has 0 radical (unpaired) electrons. The minimum Gasteiger partial charge on any atom is -0.339 e. The highest BCUT2D eigenvalue weighted by molar-refractivity contribution is 5.34. The predicted molar refractivity (Wildman–Crippen MR) is 73.1 cm³/mol. The molecule has 0 amide bonds. The van der Waals surface area contributed by atoms with E-state index in [0.717, 1.165) is 37.8 Å². The first-order chi connectivity index (χ1) is 8.83. The minimum absolute atomic E-state index is 0.690. The second-order valence-electron chi connectivity index (χ2n) is 5.45. The Morgan fingerprint density at radius 1 is 1.17 bits per heavy atom. The maximum atomic E-state index is 4.81. The molecule has 98 valence electrons. The van der Waals surface area contributed by atoms with Gasteiger partial charge in [-0.2, -0.15) is 0 Å². The Balaban J connectivity index is 1.83. The molecular weight excluding hydrogens is 224 g/mol. The Labute approximate surface area is 109 Å². The summed E-state index contributed by atoms with van der Waals surface area (Å²) in [5.41, 5.74) is 2.38. The minimum atomic E-state index is 0.690. The van der Waals surface area contributed by atoms with Crippen LogP contribution in [0.5, 0.6) is 0 Å². The van der Waals surface area contributed by atoms with E-state index in [1.54, 1.807) is 0 Å². The Bertz CT molecular complexity index is 406. The molecule has 1 saturated carbocycles. The summed E-state index contributed by atoms with van der Waals surface area (Å²) in [6, 6.07) is 2.17. The van der Waals surface area contributed by atoms with Crippen LogP contribution in [0.4, 0.5) is 5.95 Å². The van der Waals surface area contributed by atoms with Gasteiger partial charge in [0.1, 0.15) is 0 Å². The number of anilines is 1. The van der Waals surface area contributed by atoms with E-state index in [4.69, 9.17) is 4.98 Å². The molecule has 2 aliphatic rings. The van der Waals surface area contributed by atoms with Gasteiger partial charge in [0.05, 0.1) is 0 Å². The van der Waals surface area contributed by atoms with Crippen LogP contribution >= 0.6 is 0 Å². The van der Waals surface area contributed by atoms with Crippen LogP contribution in [0.25, 0.3) is 0 Å². The molecule has 1 aromatic heterocycles. The second kappa shape index (κ2) is 5.22. The first-order valence-electron chi connectivity index (χ1n) is 7.14. The molecule has 0 aromatic carbocycles. The van der Waals surface area contributed by atoms with Crippen LogP contribution in [0.1, 0.15) is 43.0 Å². The first-order valence-corrected chi connectivity index (χ1v) is 7.14. The van der Waals surface area contributed by atoms with E-state index >= 15 is 0 Å². The van der Waals surface area contributed by atoms with Crippen molar-refractivity contribution in [1.82, 2.24) is 15.3 Å². The fourth-order valence-corrected chi connectivity index (χ4v) is 2.68. The average Bonchev–Trinajstić information content (AvgIpc) is 2.54. The molecular formula is C14H22N4. The number of aromatic nitrogens is 2. The molecule has 3 rings (SSSR count). The molecule has 4 heteroatoms. The summed E-state index contributed by atoms with van der Waals surface area (Å²) in [4.78, 5) is 11.8. The van der Waals surface area contributed by atoms with E-state index in [1.807, 2.05) is 0 Å². The number of rotatable bonds is 2. The van der Waals surface area contributed by atoms with Crippen molar-refractivity contribution >= 4 is 5.95 Å². The summed E-state index contributed by atoms with van der Waals surface area (Å²) >= 11 is 0. The highest BCUT2D eigenvalue weighted by Gasteiger charge is 2.23. The van der Waals surface area contributed by atoms with Crippen LogP contribution in [0, 0.1) is 6.92 Å². The van der Waals surface area contributed by atoms with Gasteiger partial charge in [-0.25, -0.2) is 9.97 Å². The second-order valence-corrected chi connectivity index (χ2v) is 5.45. The summed E-state index contributed by atoms with van der Waals surface area (Å²) < 4.78 is 0. The average molecular weight is 246 g/mol. The van der Waals surface area contributed by atoms with Gasteiger partial charge in [-0.05, 0) is 38.8 Å². The van der Waals surface area contributed by atoms with Crippen LogP contribution in [-0.4, -0.2) is 36.1 Å². The van der Waals surface area contributed by atoms with Crippen LogP contribution in [0.2, 0.25) is 0 Å². The summed E-state index contributed by atoms with van der Waals surface area (Å²) in [6.07, 6.45) is 5.14. The molecule has 1 saturated heterocycles. The van der Waals surface area contributed by atoms with E-state index in [2.05, 4.69) is 28.2 Å². The zero-order valence-corrected chi connectivity index (χ0v) is 11.2. The Morgan fingerprint density at radius 2 is 2.06 bits per heavy atom. The largest absolute Gasteiger partial charge is 0.339 e. The highest BCUT2D eigenvalue weighted by atomic mass is 15.3. The molecule has 1 N–H and O–H groups in total. The lowest BCUT2D eigenvalue weighted by Crippen LogP contribution is -2.30. The Kier molecular flexibility index (Phi) is 3.46. The van der Waals surface area contributed by atoms with Crippen LogP contribution in [-0.2, 0) is 0 Å². The lowest BCUT2D eigenvalue weighted by Gasteiger charge is -2.27. The van der Waals surface area contributed by atoms with Crippen LogP contribution < -0.4 is 10.2 Å². The topological polar surface area (TPSA) is 41.1 Å². The van der Waals surface area contributed by atoms with Gasteiger partial charge in [-0.1, -0.05) is 6.42 Å². The highest BCUT2D eigenvalue weighted by Crippen LogP contribution is 2.35. The predicted octanol–water partition coefficient (Wildman–Crippen LogP) is 1.85. The maximum Gasteiger partial charge on any atom is 0.225 e. The van der Waals surface area contributed by atoms with Gasteiger partial charge in [-0.15, -0.1) is 0 Å². The normalized spacial score (nSPS) is 21.5. The number of aryl methyl sites for hydroxylation is 1. The number of hydrogen-bond donors (Lipinski definition) is 1. The standard InChI is InChI=1S/C14H22N4/c1-11-10-13(12-4-2-5-12)17-14(16-11)18-8-3-6-15-7-9-18/h10,12,15H,2-9H2,1H3. The molecule has 0 unspecified atom stereocenters. The lowest BCUT2D eigenvalue weighted by molar-refractivity contribution is 0.410. The fourth-order valence-electron chi connectivity index (χ4n) is 2.68. The molecule has 4 nitrogen and oxygen atoms in total. The van der Waals surface area contributed by atoms with E-state index in [0.29, 0.717) is 5.92 Å². The SMILES string of the molecule is Cc1cc(C2CCC2)nc(N2CCCNCC2)n1. The van der Waals surface area contributed by atoms with Crippen molar-refractivity contribution in [1.29, 1.82) is 0 Å². The van der Waals surface area contributed by atoms with E-state index in [9.17, 15) is 0 Å². The van der Waals surface area contributed by atoms with Gasteiger partial charge in [0.15, 0.2) is 0 Å². The molecule has 2 fully saturated rings. The summed E-state index contributed by atoms with van der Waals surface area (Å²) in [5.74, 6) is 1.64. The fraction of sp³-hybridized carbons (Fsp3) is 0.714. The number of nitrogens with one attached hydrogen (secondary N) is 1. The molecule has 0 spiro atoms. The van der Waals surface area contributed by atoms with Crippen molar-refractivity contribution < 1.29 is 0 Å². The molecule has 1 aliphatic heterocycles. The Morgan fingerprint density at radius 3 is 2.83 bits per heavy atom.